The van der Waals surface area contributed by atoms with Crippen molar-refractivity contribution in [2.24, 2.45) is 0 Å². The van der Waals surface area contributed by atoms with Crippen molar-refractivity contribution < 1.29 is 4.79 Å². The van der Waals surface area contributed by atoms with Crippen LogP contribution in [0.2, 0.25) is 0 Å². The van der Waals surface area contributed by atoms with E-state index in [4.69, 9.17) is 0 Å². The Morgan fingerprint density at radius 2 is 2.05 bits per heavy atom. The van der Waals surface area contributed by atoms with E-state index in [0.29, 0.717) is 11.1 Å². The molecule has 0 spiro atoms. The summed E-state index contributed by atoms with van der Waals surface area (Å²) >= 11 is 0. The Bertz CT molecular complexity index is 812. The van der Waals surface area contributed by atoms with Crippen molar-refractivity contribution in [3.05, 3.63) is 59.9 Å². The summed E-state index contributed by atoms with van der Waals surface area (Å²) in [6, 6.07) is 14.8. The molecule has 19 heavy (non-hydrogen) atoms. The van der Waals surface area contributed by atoms with Crippen LogP contribution in [-0.4, -0.2) is 15.8 Å². The van der Waals surface area contributed by atoms with Gasteiger partial charge in [0.2, 0.25) is 0 Å². The smallest absolute Gasteiger partial charge is 0.150 e. The summed E-state index contributed by atoms with van der Waals surface area (Å²) in [6.07, 6.45) is 2.41. The van der Waals surface area contributed by atoms with Gasteiger partial charge in [0.1, 0.15) is 18.7 Å². The number of nitrogens with zero attached hydrogens (tertiary/aromatic N) is 3. The zero-order valence-electron chi connectivity index (χ0n) is 9.95. The lowest BCUT2D eigenvalue weighted by Gasteiger charge is -2.06. The highest BCUT2D eigenvalue weighted by molar-refractivity contribution is 5.80. The summed E-state index contributed by atoms with van der Waals surface area (Å²) in [5, 5.41) is 9.21. The van der Waals surface area contributed by atoms with Crippen molar-refractivity contribution in [3.8, 4) is 11.8 Å². The van der Waals surface area contributed by atoms with Crippen LogP contribution in [0.1, 0.15) is 15.9 Å². The highest BCUT2D eigenvalue weighted by Crippen LogP contribution is 2.21. The average molecular weight is 247 g/mol. The van der Waals surface area contributed by atoms with Crippen molar-refractivity contribution >= 4 is 17.3 Å². The molecule has 90 valence electrons. The number of aldehydes is 1. The molecule has 1 aromatic heterocycles. The first-order chi connectivity index (χ1) is 9.33. The van der Waals surface area contributed by atoms with E-state index in [-0.39, 0.29) is 0 Å². The van der Waals surface area contributed by atoms with Crippen molar-refractivity contribution in [3.63, 3.8) is 0 Å². The van der Waals surface area contributed by atoms with Crippen LogP contribution < -0.4 is 0 Å². The number of para-hydroxylation sites is 2. The van der Waals surface area contributed by atoms with Gasteiger partial charge in [0.05, 0.1) is 22.3 Å². The highest BCUT2D eigenvalue weighted by Gasteiger charge is 2.09. The summed E-state index contributed by atoms with van der Waals surface area (Å²) in [5.74, 6) is 0. The fourth-order valence-corrected chi connectivity index (χ4v) is 2.08. The molecule has 3 rings (SSSR count). The number of imidazole rings is 1. The maximum atomic E-state index is 10.8. The van der Waals surface area contributed by atoms with Crippen molar-refractivity contribution in [2.45, 2.75) is 0 Å². The lowest BCUT2D eigenvalue weighted by atomic mass is 10.1. The van der Waals surface area contributed by atoms with E-state index in [1.54, 1.807) is 24.5 Å². The van der Waals surface area contributed by atoms with E-state index in [1.165, 1.54) is 0 Å². The van der Waals surface area contributed by atoms with Gasteiger partial charge in [0.25, 0.3) is 0 Å². The maximum Gasteiger partial charge on any atom is 0.150 e. The minimum atomic E-state index is 0.452. The van der Waals surface area contributed by atoms with Crippen molar-refractivity contribution in [1.29, 1.82) is 5.26 Å². The van der Waals surface area contributed by atoms with Gasteiger partial charge in [0, 0.05) is 5.56 Å². The molecule has 0 aliphatic rings. The maximum absolute atomic E-state index is 10.8. The van der Waals surface area contributed by atoms with E-state index in [9.17, 15) is 10.1 Å². The molecule has 1 heterocycles. The Morgan fingerprint density at radius 1 is 1.21 bits per heavy atom. The zero-order chi connectivity index (χ0) is 13.2. The van der Waals surface area contributed by atoms with Crippen LogP contribution in [0, 0.1) is 11.3 Å². The second-order valence-electron chi connectivity index (χ2n) is 4.11. The Labute approximate surface area is 109 Å². The number of aromatic nitrogens is 2. The molecule has 0 amide bonds. The molecule has 4 nitrogen and oxygen atoms in total. The van der Waals surface area contributed by atoms with Crippen LogP contribution in [0.25, 0.3) is 16.7 Å². The second-order valence-corrected chi connectivity index (χ2v) is 4.11. The molecule has 0 unspecified atom stereocenters. The number of hydrogen-bond donors (Lipinski definition) is 0. The number of carbonyl (C=O) groups is 1. The summed E-state index contributed by atoms with van der Waals surface area (Å²) in [5.41, 5.74) is 3.46. The largest absolute Gasteiger partial charge is 0.298 e. The Balaban J connectivity index is 2.27. The molecular formula is C15H9N3O. The van der Waals surface area contributed by atoms with Gasteiger partial charge in [-0.3, -0.25) is 9.36 Å². The van der Waals surface area contributed by atoms with E-state index in [1.807, 2.05) is 28.8 Å². The summed E-state index contributed by atoms with van der Waals surface area (Å²) in [4.78, 5) is 15.1. The number of carbonyl (C=O) groups excluding carboxylic acids is 1. The fraction of sp³-hybridized carbons (Fsp3) is 0. The molecule has 3 aromatic rings. The van der Waals surface area contributed by atoms with E-state index >= 15 is 0 Å². The Kier molecular flexibility index (Phi) is 2.58. The quantitative estimate of drug-likeness (QED) is 0.654. The van der Waals surface area contributed by atoms with Gasteiger partial charge >= 0.3 is 0 Å². The third-order valence-corrected chi connectivity index (χ3v) is 2.99. The lowest BCUT2D eigenvalue weighted by Crippen LogP contribution is -1.97. The molecule has 0 N–H and O–H groups in total. The molecular weight excluding hydrogens is 238 g/mol. The molecule has 0 saturated heterocycles. The molecule has 0 aliphatic carbocycles. The van der Waals surface area contributed by atoms with Crippen LogP contribution in [0.15, 0.2) is 48.8 Å². The van der Waals surface area contributed by atoms with Crippen molar-refractivity contribution in [2.75, 3.05) is 0 Å². The third kappa shape index (κ3) is 1.78. The van der Waals surface area contributed by atoms with Crippen molar-refractivity contribution in [1.82, 2.24) is 9.55 Å². The van der Waals surface area contributed by atoms with Crippen LogP contribution in [0.4, 0.5) is 0 Å². The number of benzene rings is 2. The average Bonchev–Trinajstić information content (AvgIpc) is 2.90. The summed E-state index contributed by atoms with van der Waals surface area (Å²) in [6.45, 7) is 0. The minimum absolute atomic E-state index is 0.452. The zero-order valence-corrected chi connectivity index (χ0v) is 9.95. The molecule has 0 fully saturated rings. The first-order valence-electron chi connectivity index (χ1n) is 5.75. The van der Waals surface area contributed by atoms with E-state index in [0.717, 1.165) is 23.0 Å². The van der Waals surface area contributed by atoms with Gasteiger partial charge in [-0.25, -0.2) is 4.98 Å². The van der Waals surface area contributed by atoms with Gasteiger partial charge in [-0.05, 0) is 30.3 Å². The van der Waals surface area contributed by atoms with Gasteiger partial charge in [-0.1, -0.05) is 12.1 Å². The fourth-order valence-electron chi connectivity index (χ4n) is 2.08. The van der Waals surface area contributed by atoms with Gasteiger partial charge in [-0.2, -0.15) is 5.26 Å². The molecule has 0 aliphatic heterocycles. The summed E-state index contributed by atoms with van der Waals surface area (Å²) < 4.78 is 1.85. The number of nitriles is 1. The predicted molar refractivity (Wildman–Crippen MR) is 71.2 cm³/mol. The lowest BCUT2D eigenvalue weighted by molar-refractivity contribution is 0.112. The molecule has 2 aromatic carbocycles. The number of fused-ring (bicyclic) bond motifs is 1. The summed E-state index contributed by atoms with van der Waals surface area (Å²) in [7, 11) is 0. The number of hydrogen-bond acceptors (Lipinski definition) is 3. The molecule has 0 bridgehead atoms. The van der Waals surface area contributed by atoms with Crippen LogP contribution in [-0.2, 0) is 0 Å². The highest BCUT2D eigenvalue weighted by atomic mass is 16.1. The topological polar surface area (TPSA) is 58.7 Å². The monoisotopic (exact) mass is 247 g/mol. The van der Waals surface area contributed by atoms with Crippen LogP contribution in [0.3, 0.4) is 0 Å². The second kappa shape index (κ2) is 4.39. The van der Waals surface area contributed by atoms with Crippen LogP contribution >= 0.6 is 0 Å². The predicted octanol–water partition coefficient (Wildman–Crippen LogP) is 2.71. The van der Waals surface area contributed by atoms with E-state index in [2.05, 4.69) is 11.1 Å². The molecule has 0 atom stereocenters. The molecule has 0 saturated carbocycles. The minimum Gasteiger partial charge on any atom is -0.298 e. The molecule has 0 radical (unpaired) electrons. The number of rotatable bonds is 2. The first-order valence-corrected chi connectivity index (χ1v) is 5.75. The third-order valence-electron chi connectivity index (χ3n) is 2.99. The first kappa shape index (κ1) is 11.2. The van der Waals surface area contributed by atoms with Gasteiger partial charge in [0.15, 0.2) is 0 Å². The normalized spacial score (nSPS) is 10.3. The Morgan fingerprint density at radius 3 is 2.84 bits per heavy atom. The molecule has 4 heteroatoms. The standard InChI is InChI=1S/C15H9N3O/c16-8-12-7-11(9-19)5-6-14(12)18-10-17-13-3-1-2-4-15(13)18/h1-7,9-10H. The van der Waals surface area contributed by atoms with Gasteiger partial charge < -0.3 is 0 Å². The van der Waals surface area contributed by atoms with Crippen LogP contribution in [0.5, 0.6) is 0 Å². The SMILES string of the molecule is N#Cc1cc(C=O)ccc1-n1cnc2ccccc21. The van der Waals surface area contributed by atoms with Gasteiger partial charge in [-0.15, -0.1) is 0 Å². The Hall–Kier alpha value is -2.93. The van der Waals surface area contributed by atoms with E-state index < -0.39 is 0 Å².